The third-order valence-electron chi connectivity index (χ3n) is 2.76. The molecule has 1 N–H and O–H groups in total. The minimum Gasteiger partial charge on any atom is -0.355 e. The average Bonchev–Trinajstić information content (AvgIpc) is 2.72. The molecule has 0 aliphatic rings. The highest BCUT2D eigenvalue weighted by molar-refractivity contribution is 6.06. The molecule has 0 bridgehead atoms. The lowest BCUT2D eigenvalue weighted by molar-refractivity contribution is 1.36. The molecule has 0 saturated heterocycles. The van der Waals surface area contributed by atoms with E-state index in [4.69, 9.17) is 0 Å². The summed E-state index contributed by atoms with van der Waals surface area (Å²) >= 11 is 0. The van der Waals surface area contributed by atoms with Crippen molar-refractivity contribution in [3.8, 4) is 0 Å². The fourth-order valence-corrected chi connectivity index (χ4v) is 1.98. The van der Waals surface area contributed by atoms with Crippen molar-refractivity contribution in [3.05, 3.63) is 67.0 Å². The van der Waals surface area contributed by atoms with Gasteiger partial charge in [-0.15, -0.1) is 0 Å². The summed E-state index contributed by atoms with van der Waals surface area (Å²) in [6.45, 7) is 0. The van der Waals surface area contributed by atoms with Gasteiger partial charge in [0, 0.05) is 34.2 Å². The number of aromatic nitrogens is 2. The minimum atomic E-state index is 1.12. The summed E-state index contributed by atoms with van der Waals surface area (Å²) < 4.78 is 0. The van der Waals surface area contributed by atoms with Gasteiger partial charge in [0.1, 0.15) is 0 Å². The number of nitrogens with zero attached hydrogens (tertiary/aromatic N) is 1. The van der Waals surface area contributed by atoms with Crippen LogP contribution in [0.3, 0.4) is 0 Å². The Balaban J connectivity index is 2.49. The van der Waals surface area contributed by atoms with E-state index in [0.717, 1.165) is 11.0 Å². The molecule has 0 aliphatic heterocycles. The van der Waals surface area contributed by atoms with Crippen molar-refractivity contribution in [1.82, 2.24) is 9.97 Å². The molecule has 2 heterocycles. The second-order valence-electron chi connectivity index (χ2n) is 3.86. The molecule has 0 aliphatic carbocycles. The third kappa shape index (κ3) is 1.85. The van der Waals surface area contributed by atoms with Crippen LogP contribution in [0.1, 0.15) is 0 Å². The zero-order valence-corrected chi connectivity index (χ0v) is 9.30. The van der Waals surface area contributed by atoms with Gasteiger partial charge >= 0.3 is 0 Å². The van der Waals surface area contributed by atoms with Gasteiger partial charge in [0.2, 0.25) is 0 Å². The largest absolute Gasteiger partial charge is 0.355 e. The Morgan fingerprint density at radius 3 is 2.24 bits per heavy atom. The Bertz CT molecular complexity index is 712. The Labute approximate surface area is 99.3 Å². The van der Waals surface area contributed by atoms with Crippen molar-refractivity contribution in [2.75, 3.05) is 0 Å². The lowest BCUT2D eigenvalue weighted by Gasteiger charge is -1.86. The summed E-state index contributed by atoms with van der Waals surface area (Å²) in [6.07, 6.45) is 3.60. The number of hydrogen-bond acceptors (Lipinski definition) is 1. The van der Waals surface area contributed by atoms with Crippen LogP contribution >= 0.6 is 0 Å². The Hall–Kier alpha value is -2.35. The molecule has 0 atom stereocenters. The summed E-state index contributed by atoms with van der Waals surface area (Å²) in [5.74, 6) is 0. The second-order valence-corrected chi connectivity index (χ2v) is 3.86. The number of hydrogen-bond donors (Lipinski definition) is 1. The van der Waals surface area contributed by atoms with E-state index in [9.17, 15) is 0 Å². The maximum Gasteiger partial charge on any atom is 0.0465 e. The van der Waals surface area contributed by atoms with E-state index in [1.54, 1.807) is 6.20 Å². The Morgan fingerprint density at radius 2 is 1.35 bits per heavy atom. The van der Waals surface area contributed by atoms with Gasteiger partial charge in [0.25, 0.3) is 0 Å². The lowest BCUT2D eigenvalue weighted by Crippen LogP contribution is -1.63. The van der Waals surface area contributed by atoms with Crippen molar-refractivity contribution in [3.63, 3.8) is 0 Å². The van der Waals surface area contributed by atoms with Crippen LogP contribution in [0.4, 0.5) is 0 Å². The molecule has 2 aromatic heterocycles. The van der Waals surface area contributed by atoms with Gasteiger partial charge in [-0.3, -0.25) is 4.98 Å². The van der Waals surface area contributed by atoms with Crippen molar-refractivity contribution < 1.29 is 0 Å². The van der Waals surface area contributed by atoms with Crippen molar-refractivity contribution in [1.29, 1.82) is 0 Å². The highest BCUT2D eigenvalue weighted by Gasteiger charge is 1.99. The van der Waals surface area contributed by atoms with Crippen LogP contribution in [0.2, 0.25) is 0 Å². The maximum absolute atomic E-state index is 4.18. The number of fused-ring (bicyclic) bond motifs is 3. The van der Waals surface area contributed by atoms with E-state index in [1.807, 2.05) is 36.5 Å². The predicted molar refractivity (Wildman–Crippen MR) is 71.2 cm³/mol. The van der Waals surface area contributed by atoms with Gasteiger partial charge in [0.15, 0.2) is 0 Å². The SMILES string of the molecule is c1ccnccc2c(cc1)[nH]c1ccccc12. The molecule has 0 amide bonds. The summed E-state index contributed by atoms with van der Waals surface area (Å²) in [5.41, 5.74) is 2.27. The molecule has 0 fully saturated rings. The molecular formula is C15H12N2. The van der Waals surface area contributed by atoms with E-state index in [1.165, 1.54) is 10.8 Å². The monoisotopic (exact) mass is 220 g/mol. The number of H-pyrrole nitrogens is 1. The zero-order valence-electron chi connectivity index (χ0n) is 9.30. The maximum atomic E-state index is 4.18. The number of rotatable bonds is 0. The molecule has 3 rings (SSSR count). The topological polar surface area (TPSA) is 28.7 Å². The molecule has 17 heavy (non-hydrogen) atoms. The van der Waals surface area contributed by atoms with Crippen molar-refractivity contribution in [2.45, 2.75) is 0 Å². The normalized spacial score (nSPS) is 10.4. The number of aromatic amines is 1. The molecule has 3 aromatic rings. The number of para-hydroxylation sites is 1. The molecule has 0 unspecified atom stereocenters. The molecule has 1 aromatic carbocycles. The van der Waals surface area contributed by atoms with Crippen molar-refractivity contribution in [2.24, 2.45) is 0 Å². The highest BCUT2D eigenvalue weighted by atomic mass is 14.7. The number of nitrogens with one attached hydrogen (secondary N) is 1. The van der Waals surface area contributed by atoms with Gasteiger partial charge in [-0.25, -0.2) is 0 Å². The molecule has 0 radical (unpaired) electrons. The van der Waals surface area contributed by atoms with E-state index < -0.39 is 0 Å². The quantitative estimate of drug-likeness (QED) is 0.612. The Kier molecular flexibility index (Phi) is 2.47. The molecule has 0 saturated carbocycles. The summed E-state index contributed by atoms with van der Waals surface area (Å²) in [5, 5.41) is 2.41. The summed E-state index contributed by atoms with van der Waals surface area (Å²) in [6, 6.07) is 18.3. The summed E-state index contributed by atoms with van der Waals surface area (Å²) in [4.78, 5) is 7.59. The van der Waals surface area contributed by atoms with Gasteiger partial charge < -0.3 is 4.98 Å². The first kappa shape index (κ1) is 9.85. The first-order valence-electron chi connectivity index (χ1n) is 5.59. The highest BCUT2D eigenvalue weighted by Crippen LogP contribution is 2.22. The third-order valence-corrected chi connectivity index (χ3v) is 2.76. The first-order chi connectivity index (χ1) is 8.45. The fraction of sp³-hybridized carbons (Fsp3) is 0. The fourth-order valence-electron chi connectivity index (χ4n) is 1.98. The van der Waals surface area contributed by atoms with Crippen LogP contribution in [0.15, 0.2) is 67.0 Å². The second kappa shape index (κ2) is 4.26. The van der Waals surface area contributed by atoms with Gasteiger partial charge in [-0.2, -0.15) is 0 Å². The van der Waals surface area contributed by atoms with Crippen LogP contribution in [0.5, 0.6) is 0 Å². The van der Waals surface area contributed by atoms with Crippen LogP contribution in [-0.4, -0.2) is 9.97 Å². The first-order valence-corrected chi connectivity index (χ1v) is 5.59. The van der Waals surface area contributed by atoms with E-state index in [-0.39, 0.29) is 0 Å². The molecule has 2 nitrogen and oxygen atoms in total. The van der Waals surface area contributed by atoms with E-state index in [2.05, 4.69) is 34.2 Å². The number of benzene rings is 1. The predicted octanol–water partition coefficient (Wildman–Crippen LogP) is 3.84. The lowest BCUT2D eigenvalue weighted by atomic mass is 10.2. The van der Waals surface area contributed by atoms with Crippen LogP contribution in [0, 0.1) is 0 Å². The van der Waals surface area contributed by atoms with Gasteiger partial charge in [-0.05, 0) is 24.3 Å². The van der Waals surface area contributed by atoms with Crippen LogP contribution in [-0.2, 0) is 0 Å². The van der Waals surface area contributed by atoms with Crippen LogP contribution < -0.4 is 0 Å². The molecule has 0 spiro atoms. The zero-order chi connectivity index (χ0) is 11.5. The van der Waals surface area contributed by atoms with Crippen molar-refractivity contribution >= 4 is 21.8 Å². The van der Waals surface area contributed by atoms with Gasteiger partial charge in [-0.1, -0.05) is 30.3 Å². The van der Waals surface area contributed by atoms with Crippen LogP contribution in [0.25, 0.3) is 21.8 Å². The standard InChI is InChI=1S/C15H12N2/c1-2-7-15-13(9-11-16-10-5-1)12-6-3-4-8-14(12)17-15/h1-11,17H. The molecule has 2 heteroatoms. The Morgan fingerprint density at radius 1 is 0.647 bits per heavy atom. The average molecular weight is 220 g/mol. The smallest absolute Gasteiger partial charge is 0.0465 e. The minimum absolute atomic E-state index is 1.12. The van der Waals surface area contributed by atoms with E-state index in [0.29, 0.717) is 0 Å². The van der Waals surface area contributed by atoms with Gasteiger partial charge in [0.05, 0.1) is 0 Å². The molecular weight excluding hydrogens is 208 g/mol. The summed E-state index contributed by atoms with van der Waals surface area (Å²) in [7, 11) is 0. The molecule has 82 valence electrons. The van der Waals surface area contributed by atoms with E-state index >= 15 is 0 Å².